The summed E-state index contributed by atoms with van der Waals surface area (Å²) in [5.41, 5.74) is 1.12. The lowest BCUT2D eigenvalue weighted by atomic mass is 10.1. The van der Waals surface area contributed by atoms with Crippen molar-refractivity contribution in [3.63, 3.8) is 0 Å². The van der Waals surface area contributed by atoms with Crippen molar-refractivity contribution in [2.45, 2.75) is 29.9 Å². The number of likely N-dealkylation sites (tertiary alicyclic amines) is 1. The van der Waals surface area contributed by atoms with Gasteiger partial charge in [0.25, 0.3) is 5.91 Å². The van der Waals surface area contributed by atoms with Gasteiger partial charge in [0, 0.05) is 35.0 Å². The lowest BCUT2D eigenvalue weighted by molar-refractivity contribution is 0.0722. The van der Waals surface area contributed by atoms with Crippen molar-refractivity contribution >= 4 is 17.7 Å². The molecule has 1 aliphatic heterocycles. The summed E-state index contributed by atoms with van der Waals surface area (Å²) in [7, 11) is 0. The summed E-state index contributed by atoms with van der Waals surface area (Å²) in [5.74, 6) is -1.28. The number of carbonyl (C=O) groups excluding carboxylic acids is 1. The third kappa shape index (κ3) is 3.90. The number of hydrogen-bond acceptors (Lipinski definition) is 4. The molecule has 2 heterocycles. The maximum atomic E-state index is 13.8. The van der Waals surface area contributed by atoms with Gasteiger partial charge in [-0.25, -0.2) is 18.7 Å². The van der Waals surface area contributed by atoms with E-state index in [2.05, 4.69) is 9.97 Å². The van der Waals surface area contributed by atoms with Gasteiger partial charge in [0.15, 0.2) is 0 Å². The van der Waals surface area contributed by atoms with Crippen molar-refractivity contribution in [2.75, 3.05) is 13.1 Å². The first-order chi connectivity index (χ1) is 11.5. The molecule has 0 spiro atoms. The summed E-state index contributed by atoms with van der Waals surface area (Å²) >= 11 is 1.35. The molecule has 0 bridgehead atoms. The minimum Gasteiger partial charge on any atom is -0.336 e. The van der Waals surface area contributed by atoms with Crippen molar-refractivity contribution in [3.05, 3.63) is 53.6 Å². The van der Waals surface area contributed by atoms with E-state index in [4.69, 9.17) is 0 Å². The number of aryl methyl sites for hydroxylation is 1. The summed E-state index contributed by atoms with van der Waals surface area (Å²) < 4.78 is 26.8. The Bertz CT molecular complexity index is 756. The van der Waals surface area contributed by atoms with Gasteiger partial charge < -0.3 is 4.90 Å². The van der Waals surface area contributed by atoms with Crippen molar-refractivity contribution < 1.29 is 13.6 Å². The number of nitrogens with zero attached hydrogens (tertiary/aromatic N) is 3. The number of hydrogen-bond donors (Lipinski definition) is 0. The van der Waals surface area contributed by atoms with Gasteiger partial charge in [0.1, 0.15) is 23.7 Å². The van der Waals surface area contributed by atoms with Crippen LogP contribution in [0.4, 0.5) is 8.78 Å². The van der Waals surface area contributed by atoms with Gasteiger partial charge in [-0.3, -0.25) is 4.79 Å². The topological polar surface area (TPSA) is 46.1 Å². The van der Waals surface area contributed by atoms with Crippen LogP contribution >= 0.6 is 11.8 Å². The van der Waals surface area contributed by atoms with E-state index in [0.29, 0.717) is 23.7 Å². The predicted molar refractivity (Wildman–Crippen MR) is 87.9 cm³/mol. The van der Waals surface area contributed by atoms with Crippen LogP contribution in [-0.2, 0) is 0 Å². The SMILES string of the molecule is Cc1cc(C(=O)N2CCCC(Sc3ccc(F)cc3F)C2)ncn1. The third-order valence-corrected chi connectivity index (χ3v) is 5.18. The number of carbonyl (C=O) groups is 1. The maximum absolute atomic E-state index is 13.8. The Balaban J connectivity index is 1.69. The number of amides is 1. The highest BCUT2D eigenvalue weighted by molar-refractivity contribution is 8.00. The molecule has 1 fully saturated rings. The molecular weight excluding hydrogens is 332 g/mol. The Kier molecular flexibility index (Phi) is 5.08. The molecule has 1 aromatic carbocycles. The smallest absolute Gasteiger partial charge is 0.272 e. The quantitative estimate of drug-likeness (QED) is 0.851. The highest BCUT2D eigenvalue weighted by Crippen LogP contribution is 2.31. The molecule has 1 aromatic heterocycles. The second kappa shape index (κ2) is 7.25. The maximum Gasteiger partial charge on any atom is 0.272 e. The molecule has 1 atom stereocenters. The summed E-state index contributed by atoms with van der Waals surface area (Å²) in [6, 6.07) is 5.25. The molecule has 0 aliphatic carbocycles. The van der Waals surface area contributed by atoms with Gasteiger partial charge in [0.2, 0.25) is 0 Å². The molecule has 0 N–H and O–H groups in total. The molecule has 1 unspecified atom stereocenters. The van der Waals surface area contributed by atoms with Crippen molar-refractivity contribution in [1.29, 1.82) is 0 Å². The largest absolute Gasteiger partial charge is 0.336 e. The molecule has 0 radical (unpaired) electrons. The first-order valence-corrected chi connectivity index (χ1v) is 8.60. The van der Waals surface area contributed by atoms with Gasteiger partial charge in [-0.2, -0.15) is 0 Å². The number of halogens is 2. The molecule has 4 nitrogen and oxygen atoms in total. The van der Waals surface area contributed by atoms with E-state index in [9.17, 15) is 13.6 Å². The van der Waals surface area contributed by atoms with Crippen LogP contribution in [-0.4, -0.2) is 39.1 Å². The molecular formula is C17H17F2N3OS. The first-order valence-electron chi connectivity index (χ1n) is 7.72. The average Bonchev–Trinajstić information content (AvgIpc) is 2.57. The van der Waals surface area contributed by atoms with Gasteiger partial charge in [-0.1, -0.05) is 0 Å². The Morgan fingerprint density at radius 3 is 2.88 bits per heavy atom. The van der Waals surface area contributed by atoms with Crippen molar-refractivity contribution in [2.24, 2.45) is 0 Å². The van der Waals surface area contributed by atoms with Crippen LogP contribution in [0.15, 0.2) is 35.5 Å². The number of rotatable bonds is 3. The second-order valence-corrected chi connectivity index (χ2v) is 7.09. The molecule has 24 heavy (non-hydrogen) atoms. The fourth-order valence-corrected chi connectivity index (χ4v) is 3.92. The van der Waals surface area contributed by atoms with E-state index in [1.165, 1.54) is 30.2 Å². The molecule has 3 rings (SSSR count). The number of aromatic nitrogens is 2. The first kappa shape index (κ1) is 16.8. The Morgan fingerprint density at radius 2 is 2.12 bits per heavy atom. The highest BCUT2D eigenvalue weighted by Gasteiger charge is 2.26. The van der Waals surface area contributed by atoms with E-state index in [1.807, 2.05) is 6.92 Å². The molecule has 1 saturated heterocycles. The zero-order valence-electron chi connectivity index (χ0n) is 13.2. The van der Waals surface area contributed by atoms with Crippen LogP contribution in [0.5, 0.6) is 0 Å². The molecule has 2 aromatic rings. The van der Waals surface area contributed by atoms with E-state index in [0.717, 1.165) is 24.6 Å². The summed E-state index contributed by atoms with van der Waals surface area (Å²) in [4.78, 5) is 22.7. The Labute approximate surface area is 143 Å². The molecule has 7 heteroatoms. The van der Waals surface area contributed by atoms with Gasteiger partial charge in [-0.05, 0) is 38.0 Å². The summed E-state index contributed by atoms with van der Waals surface area (Å²) in [6.45, 7) is 2.98. The predicted octanol–water partition coefficient (Wildman–Crippen LogP) is 3.46. The van der Waals surface area contributed by atoms with Crippen molar-refractivity contribution in [3.8, 4) is 0 Å². The number of piperidine rings is 1. The minimum absolute atomic E-state index is 0.0746. The zero-order chi connectivity index (χ0) is 17.1. The number of thioether (sulfide) groups is 1. The third-order valence-electron chi connectivity index (χ3n) is 3.88. The van der Waals surface area contributed by atoms with Crippen LogP contribution in [0.25, 0.3) is 0 Å². The fraction of sp³-hybridized carbons (Fsp3) is 0.353. The van der Waals surface area contributed by atoms with Crippen molar-refractivity contribution in [1.82, 2.24) is 14.9 Å². The van der Waals surface area contributed by atoms with E-state index < -0.39 is 11.6 Å². The average molecular weight is 349 g/mol. The normalized spacial score (nSPS) is 17.8. The van der Waals surface area contributed by atoms with E-state index >= 15 is 0 Å². The van der Waals surface area contributed by atoms with Gasteiger partial charge in [-0.15, -0.1) is 11.8 Å². The Hall–Kier alpha value is -2.02. The van der Waals surface area contributed by atoms with Crippen LogP contribution in [0.1, 0.15) is 29.0 Å². The molecule has 0 saturated carbocycles. The highest BCUT2D eigenvalue weighted by atomic mass is 32.2. The Morgan fingerprint density at radius 1 is 1.29 bits per heavy atom. The number of benzene rings is 1. The lowest BCUT2D eigenvalue weighted by Gasteiger charge is -2.32. The standard InChI is InChI=1S/C17H17F2N3OS/c1-11-7-15(21-10-20-11)17(23)22-6-2-3-13(9-22)24-16-5-4-12(18)8-14(16)19/h4-5,7-8,10,13H,2-3,6,9H2,1H3. The van der Waals surface area contributed by atoms with Crippen LogP contribution < -0.4 is 0 Å². The molecule has 1 amide bonds. The molecule has 126 valence electrons. The molecule has 1 aliphatic rings. The summed E-state index contributed by atoms with van der Waals surface area (Å²) in [5, 5.41) is 0.0746. The fourth-order valence-electron chi connectivity index (χ4n) is 2.70. The monoisotopic (exact) mass is 349 g/mol. The van der Waals surface area contributed by atoms with Gasteiger partial charge >= 0.3 is 0 Å². The van der Waals surface area contributed by atoms with Gasteiger partial charge in [0.05, 0.1) is 0 Å². The van der Waals surface area contributed by atoms with Crippen LogP contribution in [0.3, 0.4) is 0 Å². The summed E-state index contributed by atoms with van der Waals surface area (Å²) in [6.07, 6.45) is 3.11. The van der Waals surface area contributed by atoms with Crippen LogP contribution in [0.2, 0.25) is 0 Å². The lowest BCUT2D eigenvalue weighted by Crippen LogP contribution is -2.41. The van der Waals surface area contributed by atoms with E-state index in [1.54, 1.807) is 11.0 Å². The van der Waals surface area contributed by atoms with Crippen LogP contribution in [0, 0.1) is 18.6 Å². The van der Waals surface area contributed by atoms with E-state index in [-0.39, 0.29) is 11.2 Å². The second-order valence-electron chi connectivity index (χ2n) is 5.75. The minimum atomic E-state index is -0.587. The zero-order valence-corrected chi connectivity index (χ0v) is 14.0.